The number of rotatable bonds is 8. The first-order valence-corrected chi connectivity index (χ1v) is 21.2. The minimum Gasteiger partial charge on any atom is -0.398 e. The third-order valence-corrected chi connectivity index (χ3v) is 11.7. The lowest BCUT2D eigenvalue weighted by molar-refractivity contribution is 1.08. The standard InChI is InChI=1S/C43H31N3.C15H14N2/c1-3-4-5-21-39-34-20-10-15-26-40(34)46(39)43-41(44-35-22-11-6-16-30(35)31-17-7-12-23-36(31)44)27-29(2)28-42(43)45-37-24-13-8-18-32(37)33-19-9-14-25-38(33)45;16-14(12-7-3-1-4-8-12)11-15(17)13-9-5-2-6-10-13/h3-28H,1H2,2H3;1-11,16H,17H2/b5-4-,39-21-;15-11-,16-14?. The van der Waals surface area contributed by atoms with Crippen LogP contribution in [0.4, 0.5) is 11.4 Å². The smallest absolute Gasteiger partial charge is 0.0947 e. The summed E-state index contributed by atoms with van der Waals surface area (Å²) in [5.74, 6) is 0. The number of hydrogen-bond donors (Lipinski definition) is 2. The number of anilines is 2. The van der Waals surface area contributed by atoms with Gasteiger partial charge in [-0.1, -0.05) is 176 Å². The van der Waals surface area contributed by atoms with Crippen LogP contribution in [-0.4, -0.2) is 14.8 Å². The van der Waals surface area contributed by atoms with Gasteiger partial charge in [0.15, 0.2) is 0 Å². The van der Waals surface area contributed by atoms with Crippen LogP contribution in [-0.2, 0) is 0 Å². The molecule has 8 aromatic carbocycles. The van der Waals surface area contributed by atoms with E-state index in [9.17, 15) is 0 Å². The second-order valence-corrected chi connectivity index (χ2v) is 15.7. The monoisotopic (exact) mass is 811 g/mol. The van der Waals surface area contributed by atoms with E-state index in [1.807, 2.05) is 72.8 Å². The van der Waals surface area contributed by atoms with Gasteiger partial charge < -0.3 is 25.2 Å². The van der Waals surface area contributed by atoms with Crippen molar-refractivity contribution in [2.45, 2.75) is 6.92 Å². The summed E-state index contributed by atoms with van der Waals surface area (Å²) in [5, 5.41) is 12.9. The molecule has 0 saturated heterocycles. The summed E-state index contributed by atoms with van der Waals surface area (Å²) in [6, 6.07) is 67.7. The largest absolute Gasteiger partial charge is 0.398 e. The van der Waals surface area contributed by atoms with Gasteiger partial charge in [0.05, 0.1) is 56.2 Å². The van der Waals surface area contributed by atoms with Crippen molar-refractivity contribution in [1.82, 2.24) is 9.13 Å². The van der Waals surface area contributed by atoms with Crippen molar-refractivity contribution in [2.24, 2.45) is 5.73 Å². The number of benzene rings is 8. The van der Waals surface area contributed by atoms with Crippen molar-refractivity contribution in [3.63, 3.8) is 0 Å². The Kier molecular flexibility index (Phi) is 10.2. The van der Waals surface area contributed by atoms with Gasteiger partial charge in [0.25, 0.3) is 0 Å². The van der Waals surface area contributed by atoms with Crippen LogP contribution < -0.4 is 10.6 Å². The lowest BCUT2D eigenvalue weighted by atomic mass is 9.95. The Bertz CT molecular complexity index is 3210. The molecule has 0 radical (unpaired) electrons. The van der Waals surface area contributed by atoms with E-state index < -0.39 is 0 Å². The minimum atomic E-state index is 0.423. The van der Waals surface area contributed by atoms with E-state index in [2.05, 4.69) is 173 Å². The van der Waals surface area contributed by atoms with Crippen LogP contribution in [0.15, 0.2) is 231 Å². The predicted octanol–water partition coefficient (Wildman–Crippen LogP) is 14.5. The SMILES string of the molecule is C=C/C=C\C=C1\c2ccccc2N1c1c(-n2c3ccccc3c3ccccc32)cc(C)cc1-n1c2ccccc2c2ccccc21.N=C(/C=C(\N)c1ccccc1)c1ccccc1. The first kappa shape index (κ1) is 38.8. The summed E-state index contributed by atoms with van der Waals surface area (Å²) >= 11 is 0. The Morgan fingerprint density at radius 2 is 0.937 bits per heavy atom. The number of aryl methyl sites for hydroxylation is 1. The van der Waals surface area contributed by atoms with Crippen LogP contribution in [0.2, 0.25) is 0 Å². The van der Waals surface area contributed by atoms with E-state index in [-0.39, 0.29) is 0 Å². The zero-order valence-corrected chi connectivity index (χ0v) is 35.0. The number of aromatic nitrogens is 2. The Balaban J connectivity index is 0.000000234. The van der Waals surface area contributed by atoms with Crippen LogP contribution in [0.5, 0.6) is 0 Å². The van der Waals surface area contributed by atoms with Crippen molar-refractivity contribution in [2.75, 3.05) is 4.90 Å². The van der Waals surface area contributed by atoms with Crippen molar-refractivity contribution >= 4 is 72.1 Å². The molecule has 0 saturated carbocycles. The van der Waals surface area contributed by atoms with Crippen molar-refractivity contribution < 1.29 is 0 Å². The van der Waals surface area contributed by atoms with Gasteiger partial charge in [0.1, 0.15) is 0 Å². The van der Waals surface area contributed by atoms with Gasteiger partial charge in [-0.05, 0) is 78.2 Å². The Hall–Kier alpha value is -8.41. The molecule has 5 nitrogen and oxygen atoms in total. The molecular weight excluding hydrogens is 767 g/mol. The highest BCUT2D eigenvalue weighted by atomic mass is 15.2. The fraction of sp³-hybridized carbons (Fsp3) is 0.0172. The van der Waals surface area contributed by atoms with Crippen molar-refractivity contribution in [3.8, 4) is 11.4 Å². The fourth-order valence-corrected chi connectivity index (χ4v) is 8.96. The molecule has 0 spiro atoms. The predicted molar refractivity (Wildman–Crippen MR) is 268 cm³/mol. The third kappa shape index (κ3) is 6.92. The van der Waals surface area contributed by atoms with E-state index in [0.29, 0.717) is 11.4 Å². The van der Waals surface area contributed by atoms with Crippen LogP contribution in [0.3, 0.4) is 0 Å². The van der Waals surface area contributed by atoms with Crippen molar-refractivity contribution in [3.05, 3.63) is 253 Å². The minimum absolute atomic E-state index is 0.423. The molecule has 0 bridgehead atoms. The van der Waals surface area contributed by atoms with Gasteiger partial charge in [-0.15, -0.1) is 0 Å². The molecule has 0 amide bonds. The molecular formula is C58H45N5. The lowest BCUT2D eigenvalue weighted by Gasteiger charge is -2.41. The first-order valence-electron chi connectivity index (χ1n) is 21.2. The molecule has 11 rings (SSSR count). The molecule has 302 valence electrons. The van der Waals surface area contributed by atoms with Gasteiger partial charge in [0, 0.05) is 32.8 Å². The van der Waals surface area contributed by atoms with Gasteiger partial charge >= 0.3 is 0 Å². The molecule has 2 aromatic heterocycles. The quantitative estimate of drug-likeness (QED) is 0.119. The molecule has 0 aliphatic carbocycles. The second kappa shape index (κ2) is 16.6. The summed E-state index contributed by atoms with van der Waals surface area (Å²) in [7, 11) is 0. The summed E-state index contributed by atoms with van der Waals surface area (Å²) < 4.78 is 4.92. The zero-order valence-electron chi connectivity index (χ0n) is 35.0. The number of allylic oxidation sites excluding steroid dienone is 5. The molecule has 0 atom stereocenters. The molecule has 63 heavy (non-hydrogen) atoms. The van der Waals surface area contributed by atoms with E-state index >= 15 is 0 Å². The third-order valence-electron chi connectivity index (χ3n) is 11.7. The van der Waals surface area contributed by atoms with Crippen LogP contribution in [0.25, 0.3) is 66.4 Å². The normalized spacial score (nSPS) is 13.1. The highest BCUT2D eigenvalue weighted by Crippen LogP contribution is 2.53. The molecule has 0 fully saturated rings. The average Bonchev–Trinajstić information content (AvgIpc) is 3.85. The maximum absolute atomic E-state index is 7.95. The van der Waals surface area contributed by atoms with Crippen LogP contribution in [0, 0.1) is 12.3 Å². The molecule has 3 N–H and O–H groups in total. The van der Waals surface area contributed by atoms with Gasteiger partial charge in [0.2, 0.25) is 0 Å². The number of hydrogen-bond acceptors (Lipinski definition) is 3. The summed E-state index contributed by atoms with van der Waals surface area (Å²) in [5.41, 5.74) is 21.7. The maximum Gasteiger partial charge on any atom is 0.0947 e. The van der Waals surface area contributed by atoms with Crippen molar-refractivity contribution in [1.29, 1.82) is 5.41 Å². The van der Waals surface area contributed by atoms with Gasteiger partial charge in [-0.25, -0.2) is 0 Å². The maximum atomic E-state index is 7.95. The van der Waals surface area contributed by atoms with E-state index in [1.54, 1.807) is 6.08 Å². The molecule has 1 aliphatic rings. The summed E-state index contributed by atoms with van der Waals surface area (Å²) in [6.07, 6.45) is 9.79. The number of para-hydroxylation sites is 5. The summed E-state index contributed by atoms with van der Waals surface area (Å²) in [6.45, 7) is 6.12. The highest BCUT2D eigenvalue weighted by molar-refractivity contribution is 6.14. The molecule has 1 aliphatic heterocycles. The van der Waals surface area contributed by atoms with E-state index in [1.165, 1.54) is 60.4 Å². The Labute approximate surface area is 367 Å². The molecule has 0 unspecified atom stereocenters. The zero-order chi connectivity index (χ0) is 42.9. The number of nitrogens with one attached hydrogen (secondary N) is 1. The van der Waals surface area contributed by atoms with E-state index in [0.717, 1.165) is 33.9 Å². The molecule has 10 aromatic rings. The Morgan fingerprint density at radius 3 is 1.43 bits per heavy atom. The molecule has 3 heterocycles. The number of fused-ring (bicyclic) bond motifs is 7. The first-order chi connectivity index (χ1) is 31.0. The number of nitrogens with two attached hydrogens (primary N) is 1. The van der Waals surface area contributed by atoms with Gasteiger partial charge in [-0.3, -0.25) is 0 Å². The number of nitrogens with zero attached hydrogens (tertiary/aromatic N) is 3. The fourth-order valence-electron chi connectivity index (χ4n) is 8.96. The highest BCUT2D eigenvalue weighted by Gasteiger charge is 2.35. The second-order valence-electron chi connectivity index (χ2n) is 15.7. The lowest BCUT2D eigenvalue weighted by Crippen LogP contribution is -2.28. The van der Waals surface area contributed by atoms with Crippen LogP contribution >= 0.6 is 0 Å². The topological polar surface area (TPSA) is 63.0 Å². The Morgan fingerprint density at radius 1 is 0.508 bits per heavy atom. The molecule has 5 heteroatoms. The van der Waals surface area contributed by atoms with Crippen LogP contribution in [0.1, 0.15) is 22.3 Å². The average molecular weight is 812 g/mol. The summed E-state index contributed by atoms with van der Waals surface area (Å²) in [4.78, 5) is 2.44. The van der Waals surface area contributed by atoms with E-state index in [4.69, 9.17) is 11.1 Å². The van der Waals surface area contributed by atoms with Gasteiger partial charge in [-0.2, -0.15) is 0 Å².